The number of nitrogens with zero attached hydrogens (tertiary/aromatic N) is 3. The Morgan fingerprint density at radius 2 is 1.76 bits per heavy atom. The van der Waals surface area contributed by atoms with Gasteiger partial charge < -0.3 is 10.6 Å². The predicted octanol–water partition coefficient (Wildman–Crippen LogP) is 5.66. The summed E-state index contributed by atoms with van der Waals surface area (Å²) in [6, 6.07) is 5.00. The number of nitriles is 1. The molecule has 0 atom stereocenters. The van der Waals surface area contributed by atoms with Crippen LogP contribution in [0.3, 0.4) is 0 Å². The Morgan fingerprint density at radius 1 is 1.14 bits per heavy atom. The van der Waals surface area contributed by atoms with E-state index >= 15 is 0 Å². The minimum Gasteiger partial charge on any atom is -0.334 e. The first-order chi connectivity index (χ1) is 17.0. The third-order valence-corrected chi connectivity index (χ3v) is 5.66. The van der Waals surface area contributed by atoms with Crippen molar-refractivity contribution in [1.82, 2.24) is 15.1 Å². The van der Waals surface area contributed by atoms with E-state index in [1.165, 1.54) is 6.92 Å². The van der Waals surface area contributed by atoms with Gasteiger partial charge in [-0.25, -0.2) is 0 Å². The fraction of sp³-hybridized carbons (Fsp3) is 0.429. The first-order valence-electron chi connectivity index (χ1n) is 10.4. The monoisotopic (exact) mass is 557 g/mol. The summed E-state index contributed by atoms with van der Waals surface area (Å²) >= 11 is 5.98. The van der Waals surface area contributed by atoms with Crippen molar-refractivity contribution < 1.29 is 44.7 Å². The maximum Gasteiger partial charge on any atom is 0.459 e. The summed E-state index contributed by atoms with van der Waals surface area (Å²) in [7, 11) is 0. The van der Waals surface area contributed by atoms with E-state index in [0.717, 1.165) is 18.2 Å². The number of alkyl halides is 8. The van der Waals surface area contributed by atoms with Crippen LogP contribution in [0.25, 0.3) is 0 Å². The molecule has 0 aliphatic heterocycles. The van der Waals surface area contributed by atoms with E-state index < -0.39 is 59.1 Å². The van der Waals surface area contributed by atoms with Gasteiger partial charge in [0, 0.05) is 12.2 Å². The number of aromatic nitrogens is 2. The van der Waals surface area contributed by atoms with Crippen LogP contribution in [0.4, 0.5) is 40.8 Å². The Labute approximate surface area is 208 Å². The zero-order chi connectivity index (χ0) is 28.0. The fourth-order valence-electron chi connectivity index (χ4n) is 3.33. The molecule has 2 N–H and O–H groups in total. The second-order valence-electron chi connectivity index (χ2n) is 8.16. The van der Waals surface area contributed by atoms with Crippen molar-refractivity contribution in [3.05, 3.63) is 45.7 Å². The standard InChI is InChI=1S/C21H16ClF8N5O2/c1-2-7-35-14(13(20(25,26)27)15(34-35)19(23,24)21(28,29)30)17(37)32-10-3-4-12(22)11(8-10)16(36)33-18(9-31)5-6-18/h3-4,8H,2,5-7H2,1H3,(H,32,37)(H,33,36). The number of benzene rings is 1. The average molecular weight is 558 g/mol. The zero-order valence-corrected chi connectivity index (χ0v) is 19.4. The molecule has 1 saturated carbocycles. The second kappa shape index (κ2) is 9.47. The van der Waals surface area contributed by atoms with Crippen LogP contribution < -0.4 is 10.6 Å². The van der Waals surface area contributed by atoms with Crippen LogP contribution in [-0.4, -0.2) is 33.3 Å². The van der Waals surface area contributed by atoms with Gasteiger partial charge >= 0.3 is 18.3 Å². The van der Waals surface area contributed by atoms with Crippen LogP contribution in [-0.2, 0) is 18.6 Å². The molecule has 0 unspecified atom stereocenters. The van der Waals surface area contributed by atoms with Crippen molar-refractivity contribution in [1.29, 1.82) is 5.26 Å². The van der Waals surface area contributed by atoms with Crippen molar-refractivity contribution in [3.63, 3.8) is 0 Å². The van der Waals surface area contributed by atoms with Gasteiger partial charge in [0.1, 0.15) is 16.8 Å². The van der Waals surface area contributed by atoms with E-state index in [2.05, 4.69) is 10.4 Å². The molecule has 7 nitrogen and oxygen atoms in total. The highest BCUT2D eigenvalue weighted by molar-refractivity contribution is 6.34. The molecule has 3 rings (SSSR count). The van der Waals surface area contributed by atoms with E-state index in [1.54, 1.807) is 0 Å². The number of aryl methyl sites for hydroxylation is 1. The first-order valence-corrected chi connectivity index (χ1v) is 10.8. The number of anilines is 1. The average Bonchev–Trinajstić information content (AvgIpc) is 3.43. The molecule has 2 aromatic rings. The maximum absolute atomic E-state index is 14.0. The number of carbonyl (C=O) groups excluding carboxylic acids is 2. The van der Waals surface area contributed by atoms with Crippen molar-refractivity contribution in [3.8, 4) is 6.07 Å². The summed E-state index contributed by atoms with van der Waals surface area (Å²) in [5.41, 5.74) is -8.48. The highest BCUT2D eigenvalue weighted by atomic mass is 35.5. The summed E-state index contributed by atoms with van der Waals surface area (Å²) < 4.78 is 108. The van der Waals surface area contributed by atoms with Gasteiger partial charge in [-0.05, 0) is 37.5 Å². The molecule has 0 saturated heterocycles. The highest BCUT2D eigenvalue weighted by Crippen LogP contribution is 2.48. The largest absolute Gasteiger partial charge is 0.459 e. The molecule has 1 heterocycles. The van der Waals surface area contributed by atoms with E-state index in [4.69, 9.17) is 16.9 Å². The Hall–Kier alpha value is -3.41. The van der Waals surface area contributed by atoms with Crippen LogP contribution in [0.2, 0.25) is 5.02 Å². The first kappa shape index (κ1) is 28.2. The Balaban J connectivity index is 2.05. The predicted molar refractivity (Wildman–Crippen MR) is 112 cm³/mol. The molecule has 37 heavy (non-hydrogen) atoms. The lowest BCUT2D eigenvalue weighted by Crippen LogP contribution is -2.36. The molecule has 2 amide bonds. The molecule has 1 aromatic heterocycles. The fourth-order valence-corrected chi connectivity index (χ4v) is 3.53. The Kier molecular flexibility index (Phi) is 7.21. The van der Waals surface area contributed by atoms with E-state index in [9.17, 15) is 44.7 Å². The summed E-state index contributed by atoms with van der Waals surface area (Å²) in [6.07, 6.45) is -11.6. The van der Waals surface area contributed by atoms with Crippen LogP contribution in [0.1, 0.15) is 58.3 Å². The zero-order valence-electron chi connectivity index (χ0n) is 18.6. The third-order valence-electron chi connectivity index (χ3n) is 5.33. The Morgan fingerprint density at radius 3 is 2.24 bits per heavy atom. The number of amides is 2. The molecule has 0 radical (unpaired) electrons. The van der Waals surface area contributed by atoms with Gasteiger partial charge in [0.15, 0.2) is 5.69 Å². The molecule has 1 aliphatic rings. The van der Waals surface area contributed by atoms with Crippen LogP contribution >= 0.6 is 11.6 Å². The minimum absolute atomic E-state index is 0.0673. The van der Waals surface area contributed by atoms with E-state index in [0.29, 0.717) is 12.8 Å². The molecule has 16 heteroatoms. The summed E-state index contributed by atoms with van der Waals surface area (Å²) in [5.74, 6) is -8.56. The summed E-state index contributed by atoms with van der Waals surface area (Å²) in [5, 5.41) is 16.2. The van der Waals surface area contributed by atoms with Gasteiger partial charge in [0.05, 0.1) is 16.7 Å². The molecular weight excluding hydrogens is 542 g/mol. The summed E-state index contributed by atoms with van der Waals surface area (Å²) in [6.45, 7) is 0.778. The van der Waals surface area contributed by atoms with Crippen molar-refractivity contribution >= 4 is 29.1 Å². The third kappa shape index (κ3) is 5.48. The number of hydrogen-bond acceptors (Lipinski definition) is 4. The SMILES string of the molecule is CCCn1nc(C(F)(F)C(F)(F)F)c(C(F)(F)F)c1C(=O)Nc1ccc(Cl)c(C(=O)NC2(C#N)CC2)c1. The molecule has 0 spiro atoms. The lowest BCUT2D eigenvalue weighted by molar-refractivity contribution is -0.292. The minimum atomic E-state index is -6.42. The molecule has 0 bridgehead atoms. The van der Waals surface area contributed by atoms with Crippen LogP contribution in [0.15, 0.2) is 18.2 Å². The van der Waals surface area contributed by atoms with Crippen molar-refractivity contribution in [2.24, 2.45) is 0 Å². The van der Waals surface area contributed by atoms with Gasteiger partial charge in [-0.3, -0.25) is 14.3 Å². The van der Waals surface area contributed by atoms with E-state index in [-0.39, 0.29) is 27.4 Å². The number of halogens is 9. The van der Waals surface area contributed by atoms with Gasteiger partial charge in [0.25, 0.3) is 11.8 Å². The number of hydrogen-bond donors (Lipinski definition) is 2. The van der Waals surface area contributed by atoms with Gasteiger partial charge in [-0.15, -0.1) is 0 Å². The Bertz CT molecular complexity index is 1280. The van der Waals surface area contributed by atoms with Crippen molar-refractivity contribution in [2.45, 2.75) is 56.5 Å². The van der Waals surface area contributed by atoms with Gasteiger partial charge in [-0.2, -0.15) is 45.5 Å². The quantitative estimate of drug-likeness (QED) is 0.429. The molecule has 1 fully saturated rings. The summed E-state index contributed by atoms with van der Waals surface area (Å²) in [4.78, 5) is 25.4. The van der Waals surface area contributed by atoms with Crippen LogP contribution in [0, 0.1) is 11.3 Å². The smallest absolute Gasteiger partial charge is 0.334 e. The molecule has 1 aromatic carbocycles. The van der Waals surface area contributed by atoms with Gasteiger partial charge in [0.2, 0.25) is 0 Å². The van der Waals surface area contributed by atoms with Crippen molar-refractivity contribution in [2.75, 3.05) is 5.32 Å². The maximum atomic E-state index is 14.0. The van der Waals surface area contributed by atoms with Crippen LogP contribution in [0.5, 0.6) is 0 Å². The van der Waals surface area contributed by atoms with Gasteiger partial charge in [-0.1, -0.05) is 18.5 Å². The number of nitrogens with one attached hydrogen (secondary N) is 2. The second-order valence-corrected chi connectivity index (χ2v) is 8.57. The lowest BCUT2D eigenvalue weighted by Gasteiger charge is -2.19. The highest BCUT2D eigenvalue weighted by Gasteiger charge is 2.64. The number of carbonyl (C=O) groups is 2. The molecule has 1 aliphatic carbocycles. The lowest BCUT2D eigenvalue weighted by atomic mass is 10.1. The number of rotatable bonds is 7. The normalized spacial score (nSPS) is 15.2. The molecular formula is C21H16ClF8N5O2. The topological polar surface area (TPSA) is 99.8 Å². The van der Waals surface area contributed by atoms with E-state index in [1.807, 2.05) is 11.4 Å². The molecule has 200 valence electrons.